The Morgan fingerprint density at radius 2 is 1.69 bits per heavy atom. The van der Waals surface area contributed by atoms with Crippen molar-refractivity contribution < 1.29 is 43.5 Å². The number of nitrogens with zero attached hydrogens (tertiary/aromatic N) is 1. The van der Waals surface area contributed by atoms with E-state index >= 15 is 0 Å². The van der Waals surface area contributed by atoms with Crippen LogP contribution in [0.1, 0.15) is 99.1 Å². The first-order valence-electron chi connectivity index (χ1n) is 16.0. The molecule has 3 atom stereocenters. The van der Waals surface area contributed by atoms with Crippen molar-refractivity contribution in [3.8, 4) is 11.5 Å². The average molecular weight is 638 g/mol. The lowest BCUT2D eigenvalue weighted by atomic mass is 9.61. The number of fused-ring (bicyclic) bond motifs is 2. The summed E-state index contributed by atoms with van der Waals surface area (Å²) in [4.78, 5) is 25.0. The monoisotopic (exact) mass is 637 g/mol. The van der Waals surface area contributed by atoms with Crippen molar-refractivity contribution in [1.29, 1.82) is 0 Å². The van der Waals surface area contributed by atoms with Crippen LogP contribution in [0, 0.1) is 10.8 Å². The van der Waals surface area contributed by atoms with E-state index in [0.717, 1.165) is 42.8 Å². The first kappa shape index (κ1) is 40.2. The molecule has 2 N–H and O–H groups in total. The zero-order chi connectivity index (χ0) is 34.6. The van der Waals surface area contributed by atoms with Crippen LogP contribution in [0.5, 0.6) is 11.5 Å². The van der Waals surface area contributed by atoms with Crippen molar-refractivity contribution in [2.75, 3.05) is 40.6 Å². The number of methoxy groups -OCH3 is 2. The number of carbonyl (C=O) groups excluding carboxylic acids is 2. The van der Waals surface area contributed by atoms with Crippen molar-refractivity contribution in [2.45, 2.75) is 112 Å². The summed E-state index contributed by atoms with van der Waals surface area (Å²) in [6, 6.07) is 4.05. The van der Waals surface area contributed by atoms with E-state index in [1.165, 1.54) is 7.11 Å². The maximum atomic E-state index is 13.7. The third-order valence-electron chi connectivity index (χ3n) is 8.76. The van der Waals surface area contributed by atoms with Gasteiger partial charge in [0.2, 0.25) is 6.79 Å². The molecule has 10 nitrogen and oxygen atoms in total. The van der Waals surface area contributed by atoms with Gasteiger partial charge in [-0.3, -0.25) is 4.79 Å². The van der Waals surface area contributed by atoms with E-state index in [1.54, 1.807) is 21.0 Å². The van der Waals surface area contributed by atoms with Crippen LogP contribution in [0.25, 0.3) is 0 Å². The minimum absolute atomic E-state index is 0.184. The summed E-state index contributed by atoms with van der Waals surface area (Å²) in [5, 5.41) is 21.9. The Balaban J connectivity index is 0.00000156. The fourth-order valence-electron chi connectivity index (χ4n) is 5.99. The Bertz CT molecular complexity index is 1110. The molecule has 0 saturated heterocycles. The van der Waals surface area contributed by atoms with Gasteiger partial charge in [0.25, 0.3) is 6.47 Å². The number of allylic oxidation sites excluding steroid dienone is 1. The van der Waals surface area contributed by atoms with Gasteiger partial charge in [-0.2, -0.15) is 0 Å². The number of benzene rings is 1. The molecule has 0 radical (unpaired) electrons. The fourth-order valence-corrected chi connectivity index (χ4v) is 5.99. The third kappa shape index (κ3) is 10.6. The van der Waals surface area contributed by atoms with Crippen molar-refractivity contribution in [2.24, 2.45) is 10.8 Å². The molecule has 10 heteroatoms. The molecular formula is C35H59NO9. The molecule has 2 aliphatic heterocycles. The van der Waals surface area contributed by atoms with Crippen molar-refractivity contribution >= 4 is 12.4 Å². The second-order valence-corrected chi connectivity index (χ2v) is 13.1. The molecule has 0 spiro atoms. The zero-order valence-corrected chi connectivity index (χ0v) is 29.7. The van der Waals surface area contributed by atoms with E-state index in [2.05, 4.69) is 16.6 Å². The first-order chi connectivity index (χ1) is 21.1. The highest BCUT2D eigenvalue weighted by Crippen LogP contribution is 2.47. The van der Waals surface area contributed by atoms with E-state index in [4.69, 9.17) is 23.7 Å². The second kappa shape index (κ2) is 17.8. The summed E-state index contributed by atoms with van der Waals surface area (Å²) in [7, 11) is 2.89. The van der Waals surface area contributed by atoms with Crippen LogP contribution >= 0.6 is 0 Å². The fraction of sp³-hybridized carbons (Fsp3) is 0.714. The molecule has 0 amide bonds. The van der Waals surface area contributed by atoms with Crippen LogP contribution in [0.2, 0.25) is 0 Å². The lowest BCUT2D eigenvalue weighted by Crippen LogP contribution is -2.50. The molecule has 45 heavy (non-hydrogen) atoms. The normalized spacial score (nSPS) is 18.1. The molecule has 0 fully saturated rings. The maximum Gasteiger partial charge on any atom is 0.336 e. The summed E-state index contributed by atoms with van der Waals surface area (Å²) < 4.78 is 27.2. The van der Waals surface area contributed by atoms with E-state index in [-0.39, 0.29) is 12.7 Å². The Morgan fingerprint density at radius 1 is 1.11 bits per heavy atom. The highest BCUT2D eigenvalue weighted by molar-refractivity contribution is 5.76. The molecule has 0 bridgehead atoms. The Morgan fingerprint density at radius 3 is 2.18 bits per heavy atom. The number of aliphatic hydroxyl groups excluding tert-OH is 1. The second-order valence-electron chi connectivity index (χ2n) is 13.1. The van der Waals surface area contributed by atoms with Gasteiger partial charge < -0.3 is 38.8 Å². The minimum atomic E-state index is -1.42. The number of aliphatic hydroxyl groups is 2. The van der Waals surface area contributed by atoms with Gasteiger partial charge in [-0.25, -0.2) is 4.79 Å². The Kier molecular flexibility index (Phi) is 15.9. The molecule has 0 aliphatic carbocycles. The summed E-state index contributed by atoms with van der Waals surface area (Å²) in [6.07, 6.45) is 1.87. The number of ether oxygens (including phenoxy) is 5. The number of hydrogen-bond acceptors (Lipinski definition) is 10. The van der Waals surface area contributed by atoms with Crippen LogP contribution in [0.4, 0.5) is 0 Å². The van der Waals surface area contributed by atoms with E-state index in [1.807, 2.05) is 66.7 Å². The third-order valence-corrected chi connectivity index (χ3v) is 8.76. The lowest BCUT2D eigenvalue weighted by Gasteiger charge is -2.46. The van der Waals surface area contributed by atoms with Crippen molar-refractivity contribution in [1.82, 2.24) is 4.90 Å². The van der Waals surface area contributed by atoms with Gasteiger partial charge >= 0.3 is 5.97 Å². The van der Waals surface area contributed by atoms with Crippen LogP contribution < -0.4 is 9.47 Å². The van der Waals surface area contributed by atoms with E-state index < -0.39 is 34.6 Å². The van der Waals surface area contributed by atoms with Gasteiger partial charge in [0.05, 0.1) is 19.8 Å². The first-order valence-corrected chi connectivity index (χ1v) is 16.0. The number of carbonyl (C=O) groups is 2. The van der Waals surface area contributed by atoms with E-state index in [9.17, 15) is 15.0 Å². The molecule has 2 aliphatic rings. The number of hydrogen-bond donors (Lipinski definition) is 2. The Hall–Kier alpha value is -2.82. The average Bonchev–Trinajstić information content (AvgIpc) is 3.37. The van der Waals surface area contributed by atoms with Crippen LogP contribution in [0.3, 0.4) is 0 Å². The highest BCUT2D eigenvalue weighted by atomic mass is 16.7. The van der Waals surface area contributed by atoms with Crippen molar-refractivity contribution in [3.63, 3.8) is 0 Å². The number of rotatable bonds is 12. The SMILES string of the molecule is C/C=C(/OC)[C@@H](OC(=O)[C@@H](O)C(C)(C)C(C)(C)CC(C)(C)O)[C@@H]1CN(CCC)CCc2cc3c(cc21)OCO3.CC.COC=O. The highest BCUT2D eigenvalue weighted by Gasteiger charge is 2.49. The predicted octanol–water partition coefficient (Wildman–Crippen LogP) is 5.62. The largest absolute Gasteiger partial charge is 0.497 e. The molecule has 258 valence electrons. The predicted molar refractivity (Wildman–Crippen MR) is 175 cm³/mol. The molecule has 1 aromatic rings. The zero-order valence-electron chi connectivity index (χ0n) is 29.7. The van der Waals surface area contributed by atoms with Crippen LogP contribution in [0.15, 0.2) is 24.0 Å². The summed E-state index contributed by atoms with van der Waals surface area (Å²) >= 11 is 0. The Labute approximate surface area is 271 Å². The maximum absolute atomic E-state index is 13.7. The van der Waals surface area contributed by atoms with E-state index in [0.29, 0.717) is 30.9 Å². The van der Waals surface area contributed by atoms with Gasteiger partial charge in [0, 0.05) is 24.4 Å². The smallest absolute Gasteiger partial charge is 0.336 e. The van der Waals surface area contributed by atoms with Crippen LogP contribution in [-0.4, -0.2) is 86.0 Å². The van der Waals surface area contributed by atoms with Gasteiger partial charge in [0.1, 0.15) is 5.76 Å². The molecule has 2 heterocycles. The van der Waals surface area contributed by atoms with Gasteiger partial charge in [0.15, 0.2) is 23.7 Å². The molecule has 3 rings (SSSR count). The van der Waals surface area contributed by atoms with Crippen molar-refractivity contribution in [3.05, 3.63) is 35.1 Å². The molecular weight excluding hydrogens is 578 g/mol. The van der Waals surface area contributed by atoms with Gasteiger partial charge in [-0.05, 0) is 81.3 Å². The summed E-state index contributed by atoms with van der Waals surface area (Å²) in [5.74, 6) is 0.976. The topological polar surface area (TPSA) is 124 Å². The van der Waals surface area contributed by atoms with Crippen LogP contribution in [-0.2, 0) is 30.2 Å². The molecule has 0 unspecified atom stereocenters. The van der Waals surface area contributed by atoms with Gasteiger partial charge in [-0.15, -0.1) is 0 Å². The molecule has 1 aromatic carbocycles. The standard InChI is InChI=1S/C31H49NO7.C2H4O2.C2H6/c1-10-13-32-14-12-20-15-24-25(38-19-37-24)16-21(20)22(17-32)26(23(11-2)36-9)39-28(34)27(33)31(7,8)29(3,4)18-30(5,6)35;1-4-2-3;1-2/h11,15-16,22,26-27,33,35H,10,12-14,17-19H2,1-9H3;2H,1H3;1-2H3/b23-11+;;/t22-,26+,27-;;/m1../s1. The quantitative estimate of drug-likeness (QED) is 0.170. The minimum Gasteiger partial charge on any atom is -0.497 e. The lowest BCUT2D eigenvalue weighted by molar-refractivity contribution is -0.175. The number of esters is 1. The molecule has 0 aromatic heterocycles. The van der Waals surface area contributed by atoms with Gasteiger partial charge in [-0.1, -0.05) is 48.5 Å². The summed E-state index contributed by atoms with van der Waals surface area (Å²) in [5.41, 5.74) is -0.265. The molecule has 0 saturated carbocycles. The summed E-state index contributed by atoms with van der Waals surface area (Å²) in [6.45, 7) is 22.1.